The van der Waals surface area contributed by atoms with Crippen LogP contribution in [0.1, 0.15) is 28.1 Å². The van der Waals surface area contributed by atoms with Gasteiger partial charge < -0.3 is 10.2 Å². The maximum Gasteiger partial charge on any atom is 0.255 e. The van der Waals surface area contributed by atoms with Crippen LogP contribution in [0.4, 0.5) is 0 Å². The van der Waals surface area contributed by atoms with Gasteiger partial charge in [0, 0.05) is 29.3 Å². The third-order valence-electron chi connectivity index (χ3n) is 5.70. The number of thioether (sulfide) groups is 1. The topological polar surface area (TPSA) is 52.7 Å². The normalized spacial score (nSPS) is 20.7. The van der Waals surface area contributed by atoms with Crippen LogP contribution in [-0.2, 0) is 11.3 Å². The molecular formula is C22H27N3O2S2. The summed E-state index contributed by atoms with van der Waals surface area (Å²) in [5.41, 5.74) is 0.644. The number of carbonyl (C=O) groups is 2. The van der Waals surface area contributed by atoms with Gasteiger partial charge in [-0.25, -0.2) is 0 Å². The second-order valence-corrected chi connectivity index (χ2v) is 9.73. The van der Waals surface area contributed by atoms with E-state index in [4.69, 9.17) is 0 Å². The van der Waals surface area contributed by atoms with E-state index in [0.717, 1.165) is 32.5 Å². The molecule has 2 fully saturated rings. The average molecular weight is 430 g/mol. The third-order valence-corrected chi connectivity index (χ3v) is 7.57. The quantitative estimate of drug-likeness (QED) is 0.766. The molecule has 0 spiro atoms. The molecule has 2 saturated heterocycles. The van der Waals surface area contributed by atoms with Crippen molar-refractivity contribution in [2.24, 2.45) is 5.92 Å². The fourth-order valence-electron chi connectivity index (χ4n) is 3.94. The van der Waals surface area contributed by atoms with Gasteiger partial charge in [0.1, 0.15) is 6.04 Å². The summed E-state index contributed by atoms with van der Waals surface area (Å²) in [5, 5.41) is 5.26. The summed E-state index contributed by atoms with van der Waals surface area (Å²) in [4.78, 5) is 31.2. The molecule has 5 nitrogen and oxygen atoms in total. The summed E-state index contributed by atoms with van der Waals surface area (Å²) in [6.07, 6.45) is 2.22. The van der Waals surface area contributed by atoms with E-state index < -0.39 is 0 Å². The Kier molecular flexibility index (Phi) is 6.90. The summed E-state index contributed by atoms with van der Waals surface area (Å²) < 4.78 is 0. The molecule has 2 aromatic rings. The molecule has 29 heavy (non-hydrogen) atoms. The third kappa shape index (κ3) is 5.21. The zero-order valence-corrected chi connectivity index (χ0v) is 18.1. The van der Waals surface area contributed by atoms with Gasteiger partial charge in [0.05, 0.1) is 5.88 Å². The lowest BCUT2D eigenvalue weighted by Crippen LogP contribution is -2.48. The second kappa shape index (κ2) is 9.78. The predicted molar refractivity (Wildman–Crippen MR) is 119 cm³/mol. The number of nitrogens with one attached hydrogen (secondary N) is 1. The zero-order chi connectivity index (χ0) is 20.1. The molecule has 0 radical (unpaired) electrons. The van der Waals surface area contributed by atoms with E-state index in [1.165, 1.54) is 4.88 Å². The molecule has 1 aromatic carbocycles. The number of thiophene rings is 1. The van der Waals surface area contributed by atoms with Gasteiger partial charge in [0.2, 0.25) is 5.91 Å². The van der Waals surface area contributed by atoms with E-state index in [1.807, 2.05) is 41.7 Å². The number of amides is 2. The molecule has 2 aliphatic heterocycles. The Hall–Kier alpha value is -1.83. The lowest BCUT2D eigenvalue weighted by atomic mass is 9.96. The van der Waals surface area contributed by atoms with Gasteiger partial charge >= 0.3 is 0 Å². The number of carbonyl (C=O) groups excluding carboxylic acids is 2. The summed E-state index contributed by atoms with van der Waals surface area (Å²) >= 11 is 3.46. The Labute approximate surface area is 180 Å². The first kappa shape index (κ1) is 20.4. The smallest absolute Gasteiger partial charge is 0.255 e. The molecule has 1 N–H and O–H groups in total. The Morgan fingerprint density at radius 2 is 1.86 bits per heavy atom. The molecular weight excluding hydrogens is 402 g/mol. The molecule has 7 heteroatoms. The van der Waals surface area contributed by atoms with Gasteiger partial charge in [-0.05, 0) is 55.4 Å². The first-order valence-corrected chi connectivity index (χ1v) is 12.2. The minimum atomic E-state index is -0.369. The molecule has 1 aromatic heterocycles. The van der Waals surface area contributed by atoms with Gasteiger partial charge in [0.25, 0.3) is 5.91 Å². The lowest BCUT2D eigenvalue weighted by Gasteiger charge is -2.32. The Bertz CT molecular complexity index is 805. The molecule has 2 aliphatic rings. The number of hydrogen-bond donors (Lipinski definition) is 1. The summed E-state index contributed by atoms with van der Waals surface area (Å²) in [7, 11) is 0. The molecule has 0 saturated carbocycles. The van der Waals surface area contributed by atoms with E-state index in [1.54, 1.807) is 16.7 Å². The van der Waals surface area contributed by atoms with Crippen LogP contribution in [0.2, 0.25) is 0 Å². The van der Waals surface area contributed by atoms with Crippen molar-refractivity contribution in [3.05, 3.63) is 58.3 Å². The van der Waals surface area contributed by atoms with Crippen LogP contribution in [0.15, 0.2) is 47.8 Å². The molecule has 1 unspecified atom stereocenters. The number of hydrogen-bond acceptors (Lipinski definition) is 5. The van der Waals surface area contributed by atoms with Crippen molar-refractivity contribution in [2.45, 2.75) is 25.4 Å². The first-order chi connectivity index (χ1) is 14.2. The molecule has 3 heterocycles. The van der Waals surface area contributed by atoms with Gasteiger partial charge in [0.15, 0.2) is 0 Å². The SMILES string of the molecule is O=C(NCC1CCN(Cc2cccs2)CC1)C1CSCN1C(=O)c1ccccc1. The predicted octanol–water partition coefficient (Wildman–Crippen LogP) is 3.29. The van der Waals surface area contributed by atoms with E-state index >= 15 is 0 Å². The van der Waals surface area contributed by atoms with Crippen molar-refractivity contribution in [1.82, 2.24) is 15.1 Å². The summed E-state index contributed by atoms with van der Waals surface area (Å²) in [6.45, 7) is 3.90. The van der Waals surface area contributed by atoms with Gasteiger partial charge in [-0.15, -0.1) is 23.1 Å². The molecule has 1 atom stereocenters. The van der Waals surface area contributed by atoms with Crippen LogP contribution < -0.4 is 5.32 Å². The monoisotopic (exact) mass is 429 g/mol. The van der Waals surface area contributed by atoms with Crippen LogP contribution in [0.3, 0.4) is 0 Å². The van der Waals surface area contributed by atoms with Crippen molar-refractivity contribution in [3.63, 3.8) is 0 Å². The van der Waals surface area contributed by atoms with Crippen molar-refractivity contribution in [3.8, 4) is 0 Å². The van der Waals surface area contributed by atoms with Crippen molar-refractivity contribution in [2.75, 3.05) is 31.3 Å². The maximum atomic E-state index is 12.8. The standard InChI is InChI=1S/C22H27N3O2S2/c26-21(20-15-28-16-25(20)22(27)18-5-2-1-3-6-18)23-13-17-8-10-24(11-9-17)14-19-7-4-12-29-19/h1-7,12,17,20H,8-11,13-16H2,(H,23,26). The minimum absolute atomic E-state index is 0.0136. The van der Waals surface area contributed by atoms with E-state index in [2.05, 4.69) is 27.7 Å². The van der Waals surface area contributed by atoms with E-state index in [-0.39, 0.29) is 17.9 Å². The summed E-state index contributed by atoms with van der Waals surface area (Å²) in [5.74, 6) is 1.69. The molecule has 2 amide bonds. The molecule has 4 rings (SSSR count). The van der Waals surface area contributed by atoms with Gasteiger partial charge in [-0.1, -0.05) is 24.3 Å². The highest BCUT2D eigenvalue weighted by atomic mass is 32.2. The number of piperidine rings is 1. The molecule has 0 aliphatic carbocycles. The van der Waals surface area contributed by atoms with Crippen LogP contribution >= 0.6 is 23.1 Å². The number of rotatable bonds is 6. The number of nitrogens with zero attached hydrogens (tertiary/aromatic N) is 2. The number of likely N-dealkylation sites (tertiary alicyclic amines) is 1. The molecule has 154 valence electrons. The first-order valence-electron chi connectivity index (χ1n) is 10.2. The highest BCUT2D eigenvalue weighted by molar-refractivity contribution is 7.99. The fraction of sp³-hybridized carbons (Fsp3) is 0.455. The van der Waals surface area contributed by atoms with Crippen molar-refractivity contribution in [1.29, 1.82) is 0 Å². The number of benzene rings is 1. The lowest BCUT2D eigenvalue weighted by molar-refractivity contribution is -0.124. The van der Waals surface area contributed by atoms with Crippen LogP contribution in [0.25, 0.3) is 0 Å². The Morgan fingerprint density at radius 3 is 2.59 bits per heavy atom. The Balaban J connectivity index is 1.24. The zero-order valence-electron chi connectivity index (χ0n) is 16.5. The van der Waals surface area contributed by atoms with Crippen LogP contribution in [-0.4, -0.2) is 58.9 Å². The van der Waals surface area contributed by atoms with Gasteiger partial charge in [-0.2, -0.15) is 0 Å². The van der Waals surface area contributed by atoms with Crippen molar-refractivity contribution >= 4 is 34.9 Å². The van der Waals surface area contributed by atoms with Crippen LogP contribution in [0.5, 0.6) is 0 Å². The highest BCUT2D eigenvalue weighted by Crippen LogP contribution is 2.24. The fourth-order valence-corrected chi connectivity index (χ4v) is 5.84. The van der Waals surface area contributed by atoms with Crippen LogP contribution in [0, 0.1) is 5.92 Å². The van der Waals surface area contributed by atoms with E-state index in [0.29, 0.717) is 29.7 Å². The van der Waals surface area contributed by atoms with Crippen molar-refractivity contribution < 1.29 is 9.59 Å². The molecule has 0 bridgehead atoms. The largest absolute Gasteiger partial charge is 0.354 e. The van der Waals surface area contributed by atoms with Gasteiger partial charge in [-0.3, -0.25) is 14.5 Å². The average Bonchev–Trinajstić information content (AvgIpc) is 3.45. The Morgan fingerprint density at radius 1 is 1.07 bits per heavy atom. The maximum absolute atomic E-state index is 12.8. The minimum Gasteiger partial charge on any atom is -0.354 e. The highest BCUT2D eigenvalue weighted by Gasteiger charge is 2.35. The second-order valence-electron chi connectivity index (χ2n) is 7.70. The summed E-state index contributed by atoms with van der Waals surface area (Å²) in [6, 6.07) is 13.2. The van der Waals surface area contributed by atoms with E-state index in [9.17, 15) is 9.59 Å².